The maximum Gasteiger partial charge on any atom is 0.161 e. The van der Waals surface area contributed by atoms with Crippen molar-refractivity contribution < 1.29 is 23.4 Å². The molecule has 3 atom stereocenters. The van der Waals surface area contributed by atoms with Crippen molar-refractivity contribution >= 4 is 10.5 Å². The maximum atomic E-state index is 5.44. The van der Waals surface area contributed by atoms with Crippen LogP contribution in [0.3, 0.4) is 0 Å². The van der Waals surface area contributed by atoms with Crippen LogP contribution in [0.25, 0.3) is 0 Å². The minimum atomic E-state index is -0.342. The van der Waals surface area contributed by atoms with E-state index in [9.17, 15) is 0 Å². The normalized spacial score (nSPS) is 17.2. The molecule has 0 aromatic rings. The number of rotatable bonds is 10. The first kappa shape index (κ1) is 16.0. The molecule has 98 valence electrons. The molecule has 16 heavy (non-hydrogen) atoms. The Morgan fingerprint density at radius 3 is 2.12 bits per heavy atom. The fourth-order valence-electron chi connectivity index (χ4n) is 1.08. The zero-order valence-electron chi connectivity index (χ0n) is 10.9. The van der Waals surface area contributed by atoms with Crippen LogP contribution in [0.4, 0.5) is 0 Å². The summed E-state index contributed by atoms with van der Waals surface area (Å²) in [6.07, 6.45) is -0.875. The predicted molar refractivity (Wildman–Crippen MR) is 64.0 cm³/mol. The largest absolute Gasteiger partial charge is 0.404 e. The highest BCUT2D eigenvalue weighted by Gasteiger charge is 2.11. The fourth-order valence-corrected chi connectivity index (χ4v) is 1.20. The maximum absolute atomic E-state index is 5.44. The SMILES string of the molecule is CCOCCOC(C)OC(C)OC(C)O[SiH3]. The van der Waals surface area contributed by atoms with Gasteiger partial charge < -0.3 is 23.4 Å². The van der Waals surface area contributed by atoms with Crippen molar-refractivity contribution in [2.45, 2.75) is 46.6 Å². The summed E-state index contributed by atoms with van der Waals surface area (Å²) in [5.74, 6) is 0. The number of ether oxygens (including phenoxy) is 4. The average Bonchev–Trinajstić information content (AvgIpc) is 2.24. The van der Waals surface area contributed by atoms with E-state index < -0.39 is 0 Å². The Kier molecular flexibility index (Phi) is 10.2. The third kappa shape index (κ3) is 9.26. The molecule has 0 spiro atoms. The van der Waals surface area contributed by atoms with Gasteiger partial charge in [0.15, 0.2) is 12.6 Å². The molecule has 0 N–H and O–H groups in total. The number of hydrogen-bond acceptors (Lipinski definition) is 5. The van der Waals surface area contributed by atoms with Crippen molar-refractivity contribution in [3.8, 4) is 0 Å². The summed E-state index contributed by atoms with van der Waals surface area (Å²) < 4.78 is 26.4. The van der Waals surface area contributed by atoms with Crippen molar-refractivity contribution in [3.05, 3.63) is 0 Å². The van der Waals surface area contributed by atoms with Gasteiger partial charge >= 0.3 is 0 Å². The van der Waals surface area contributed by atoms with Crippen LogP contribution in [0.2, 0.25) is 0 Å². The van der Waals surface area contributed by atoms with Crippen LogP contribution >= 0.6 is 0 Å². The Morgan fingerprint density at radius 1 is 0.938 bits per heavy atom. The molecule has 0 saturated heterocycles. The van der Waals surface area contributed by atoms with Crippen LogP contribution in [0.1, 0.15) is 27.7 Å². The lowest BCUT2D eigenvalue weighted by Gasteiger charge is -2.22. The third-order valence-electron chi connectivity index (χ3n) is 1.88. The molecule has 3 unspecified atom stereocenters. The van der Waals surface area contributed by atoms with Gasteiger partial charge in [0.05, 0.1) is 13.2 Å². The molecule has 0 bridgehead atoms. The van der Waals surface area contributed by atoms with E-state index in [-0.39, 0.29) is 18.9 Å². The first-order chi connectivity index (χ1) is 7.60. The molecular formula is C10H24O5Si. The summed E-state index contributed by atoms with van der Waals surface area (Å²) >= 11 is 0. The van der Waals surface area contributed by atoms with E-state index in [4.69, 9.17) is 23.4 Å². The van der Waals surface area contributed by atoms with Crippen LogP contribution in [0.15, 0.2) is 0 Å². The lowest BCUT2D eigenvalue weighted by atomic mass is 10.6. The van der Waals surface area contributed by atoms with Crippen molar-refractivity contribution in [3.63, 3.8) is 0 Å². The highest BCUT2D eigenvalue weighted by molar-refractivity contribution is 5.98. The highest BCUT2D eigenvalue weighted by Crippen LogP contribution is 2.04. The van der Waals surface area contributed by atoms with Gasteiger partial charge in [0.25, 0.3) is 0 Å². The van der Waals surface area contributed by atoms with Crippen LogP contribution < -0.4 is 0 Å². The van der Waals surface area contributed by atoms with Gasteiger partial charge in [-0.2, -0.15) is 0 Å². The van der Waals surface area contributed by atoms with Gasteiger partial charge in [-0.3, -0.25) is 0 Å². The summed E-state index contributed by atoms with van der Waals surface area (Å²) in [6, 6.07) is 0. The number of hydrogen-bond donors (Lipinski definition) is 0. The second-order valence-electron chi connectivity index (χ2n) is 3.28. The Bertz CT molecular complexity index is 158. The molecule has 0 aliphatic carbocycles. The van der Waals surface area contributed by atoms with Crippen LogP contribution in [0, 0.1) is 0 Å². The summed E-state index contributed by atoms with van der Waals surface area (Å²) in [4.78, 5) is 0. The van der Waals surface area contributed by atoms with Crippen LogP contribution in [-0.4, -0.2) is 49.2 Å². The molecule has 0 fully saturated rings. The minimum Gasteiger partial charge on any atom is -0.404 e. The second kappa shape index (κ2) is 10.2. The molecule has 0 aliphatic heterocycles. The minimum absolute atomic E-state index is 0.225. The topological polar surface area (TPSA) is 46.2 Å². The molecule has 0 amide bonds. The van der Waals surface area contributed by atoms with E-state index in [1.807, 2.05) is 27.7 Å². The molecule has 0 rings (SSSR count). The van der Waals surface area contributed by atoms with E-state index in [1.54, 1.807) is 0 Å². The van der Waals surface area contributed by atoms with E-state index in [2.05, 4.69) is 0 Å². The van der Waals surface area contributed by atoms with E-state index in [1.165, 1.54) is 0 Å². The van der Waals surface area contributed by atoms with Gasteiger partial charge in [0, 0.05) is 6.61 Å². The fraction of sp³-hybridized carbons (Fsp3) is 1.00. The molecule has 0 radical (unpaired) electrons. The van der Waals surface area contributed by atoms with E-state index >= 15 is 0 Å². The Labute approximate surface area is 101 Å². The molecular weight excluding hydrogens is 228 g/mol. The van der Waals surface area contributed by atoms with Crippen LogP contribution in [0.5, 0.6) is 0 Å². The summed E-state index contributed by atoms with van der Waals surface area (Å²) in [6.45, 7) is 9.25. The van der Waals surface area contributed by atoms with Gasteiger partial charge in [0.1, 0.15) is 16.8 Å². The highest BCUT2D eigenvalue weighted by atomic mass is 28.2. The lowest BCUT2D eigenvalue weighted by Crippen LogP contribution is -2.27. The summed E-state index contributed by atoms with van der Waals surface area (Å²) in [5.41, 5.74) is 0. The van der Waals surface area contributed by atoms with E-state index in [0.29, 0.717) is 30.3 Å². The lowest BCUT2D eigenvalue weighted by molar-refractivity contribution is -0.266. The van der Waals surface area contributed by atoms with Gasteiger partial charge in [0.2, 0.25) is 0 Å². The summed E-state index contributed by atoms with van der Waals surface area (Å²) in [5, 5.41) is 0. The third-order valence-corrected chi connectivity index (χ3v) is 2.55. The molecule has 0 heterocycles. The van der Waals surface area contributed by atoms with Crippen molar-refractivity contribution in [1.82, 2.24) is 0 Å². The molecule has 0 aromatic heterocycles. The average molecular weight is 252 g/mol. The molecule has 0 aromatic carbocycles. The smallest absolute Gasteiger partial charge is 0.161 e. The molecule has 6 heteroatoms. The molecule has 5 nitrogen and oxygen atoms in total. The Morgan fingerprint density at radius 2 is 1.56 bits per heavy atom. The monoisotopic (exact) mass is 252 g/mol. The van der Waals surface area contributed by atoms with Crippen molar-refractivity contribution in [1.29, 1.82) is 0 Å². The first-order valence-electron chi connectivity index (χ1n) is 5.63. The quantitative estimate of drug-likeness (QED) is 0.320. The van der Waals surface area contributed by atoms with Crippen molar-refractivity contribution in [2.24, 2.45) is 0 Å². The van der Waals surface area contributed by atoms with Gasteiger partial charge in [-0.1, -0.05) is 0 Å². The van der Waals surface area contributed by atoms with Gasteiger partial charge in [-0.25, -0.2) is 0 Å². The zero-order chi connectivity index (χ0) is 12.4. The standard InChI is InChI=1S/C10H24O5Si/c1-5-11-6-7-12-8(2)13-9(3)14-10(4)15-16/h8-10H,5-7H2,1-4,16H3. The first-order valence-corrected chi connectivity index (χ1v) is 6.44. The van der Waals surface area contributed by atoms with E-state index in [0.717, 1.165) is 0 Å². The predicted octanol–water partition coefficient (Wildman–Crippen LogP) is 0.408. The Hall–Kier alpha value is 0.0169. The van der Waals surface area contributed by atoms with Crippen molar-refractivity contribution in [2.75, 3.05) is 19.8 Å². The Balaban J connectivity index is 3.49. The summed E-state index contributed by atoms with van der Waals surface area (Å²) in [7, 11) is 0.651. The van der Waals surface area contributed by atoms with Gasteiger partial charge in [-0.05, 0) is 27.7 Å². The molecule has 0 aliphatic rings. The second-order valence-corrected chi connectivity index (χ2v) is 3.75. The zero-order valence-corrected chi connectivity index (χ0v) is 12.9. The molecule has 0 saturated carbocycles. The van der Waals surface area contributed by atoms with Gasteiger partial charge in [-0.15, -0.1) is 0 Å². The van der Waals surface area contributed by atoms with Crippen LogP contribution in [-0.2, 0) is 23.4 Å².